The van der Waals surface area contributed by atoms with Crippen molar-refractivity contribution >= 4 is 5.97 Å². The molecule has 0 amide bonds. The molecule has 0 bridgehead atoms. The molecule has 0 aliphatic rings. The van der Waals surface area contributed by atoms with E-state index >= 15 is 0 Å². The van der Waals surface area contributed by atoms with E-state index in [9.17, 15) is 9.90 Å². The molecule has 0 aliphatic carbocycles. The molecule has 1 aromatic rings. The molecule has 0 aromatic heterocycles. The number of carbonyl (C=O) groups is 1. The van der Waals surface area contributed by atoms with Gasteiger partial charge in [0.2, 0.25) is 0 Å². The number of hydrogen-bond acceptors (Lipinski definition) is 2. The van der Waals surface area contributed by atoms with Gasteiger partial charge in [-0.2, -0.15) is 0 Å². The second kappa shape index (κ2) is 7.71. The highest BCUT2D eigenvalue weighted by molar-refractivity contribution is 5.66. The van der Waals surface area contributed by atoms with Gasteiger partial charge in [0.05, 0.1) is 0 Å². The number of phenolic OH excluding ortho intramolecular Hbond substituents is 1. The fourth-order valence-corrected chi connectivity index (χ4v) is 1.36. The lowest BCUT2D eigenvalue weighted by molar-refractivity contribution is -0.137. The Kier molecular flexibility index (Phi) is 7.03. The van der Waals surface area contributed by atoms with E-state index in [0.717, 1.165) is 17.5 Å². The summed E-state index contributed by atoms with van der Waals surface area (Å²) in [6.45, 7) is 7.96. The summed E-state index contributed by atoms with van der Waals surface area (Å²) in [4.78, 5) is 9.60. The molecule has 0 aliphatic heterocycles. The van der Waals surface area contributed by atoms with Crippen molar-refractivity contribution in [2.45, 2.75) is 46.5 Å². The lowest BCUT2D eigenvalue weighted by Gasteiger charge is -2.07. The first-order valence-electron chi connectivity index (χ1n) is 5.89. The van der Waals surface area contributed by atoms with Crippen LogP contribution in [0.15, 0.2) is 18.2 Å². The fourth-order valence-electron chi connectivity index (χ4n) is 1.36. The summed E-state index contributed by atoms with van der Waals surface area (Å²) in [6.07, 6.45) is 1.02. The van der Waals surface area contributed by atoms with E-state index in [1.54, 1.807) is 6.07 Å². The summed E-state index contributed by atoms with van der Waals surface area (Å²) >= 11 is 0. The van der Waals surface area contributed by atoms with Gasteiger partial charge in [-0.1, -0.05) is 32.9 Å². The third-order valence-corrected chi connectivity index (χ3v) is 2.27. The summed E-state index contributed by atoms with van der Waals surface area (Å²) < 4.78 is 0. The van der Waals surface area contributed by atoms with Gasteiger partial charge in [-0.3, -0.25) is 4.79 Å². The maximum Gasteiger partial charge on any atom is 0.303 e. The normalized spacial score (nSPS) is 9.71. The van der Waals surface area contributed by atoms with Crippen molar-refractivity contribution in [3.05, 3.63) is 29.3 Å². The van der Waals surface area contributed by atoms with Gasteiger partial charge in [0, 0.05) is 6.42 Å². The number of carboxylic acids is 1. The number of aromatic hydroxyl groups is 1. The molecule has 0 radical (unpaired) electrons. The molecule has 1 aromatic carbocycles. The molecule has 0 fully saturated rings. The third-order valence-electron chi connectivity index (χ3n) is 2.27. The van der Waals surface area contributed by atoms with Crippen LogP contribution in [0.5, 0.6) is 5.75 Å². The maximum atomic E-state index is 9.60. The lowest BCUT2D eigenvalue weighted by Crippen LogP contribution is -1.90. The average molecular weight is 238 g/mol. The minimum Gasteiger partial charge on any atom is -0.508 e. The molecule has 3 heteroatoms. The molecule has 2 N–H and O–H groups in total. The van der Waals surface area contributed by atoms with Crippen LogP contribution >= 0.6 is 0 Å². The number of benzene rings is 1. The Hall–Kier alpha value is -1.51. The molecule has 17 heavy (non-hydrogen) atoms. The number of carboxylic acid groups (broad SMARTS) is 1. The number of aliphatic carboxylic acids is 1. The third kappa shape index (κ3) is 6.61. The number of hydrogen-bond donors (Lipinski definition) is 2. The van der Waals surface area contributed by atoms with Crippen molar-refractivity contribution < 1.29 is 15.0 Å². The molecule has 3 nitrogen and oxygen atoms in total. The lowest BCUT2D eigenvalue weighted by atomic mass is 10.0. The van der Waals surface area contributed by atoms with Gasteiger partial charge in [-0.25, -0.2) is 0 Å². The van der Waals surface area contributed by atoms with E-state index in [0.29, 0.717) is 18.1 Å². The quantitative estimate of drug-likeness (QED) is 0.844. The number of aryl methyl sites for hydroxylation is 1. The van der Waals surface area contributed by atoms with Crippen molar-refractivity contribution in [3.63, 3.8) is 0 Å². The van der Waals surface area contributed by atoms with E-state index in [4.69, 9.17) is 5.11 Å². The van der Waals surface area contributed by atoms with Crippen molar-refractivity contribution in [3.8, 4) is 5.75 Å². The van der Waals surface area contributed by atoms with Crippen LogP contribution in [0.4, 0.5) is 0 Å². The molecular weight excluding hydrogens is 216 g/mol. The zero-order valence-corrected chi connectivity index (χ0v) is 11.0. The SMILES string of the molecule is CCCC(=O)O.Cc1ccc(C(C)C)c(O)c1. The number of phenols is 1. The summed E-state index contributed by atoms with van der Waals surface area (Å²) in [5.74, 6) is 0.105. The summed E-state index contributed by atoms with van der Waals surface area (Å²) in [5.41, 5.74) is 2.13. The minimum absolute atomic E-state index is 0.292. The monoisotopic (exact) mass is 238 g/mol. The zero-order valence-electron chi connectivity index (χ0n) is 11.0. The Labute approximate surface area is 103 Å². The highest BCUT2D eigenvalue weighted by Crippen LogP contribution is 2.25. The summed E-state index contributed by atoms with van der Waals surface area (Å²) in [6, 6.07) is 5.81. The van der Waals surface area contributed by atoms with E-state index in [1.165, 1.54) is 0 Å². The standard InChI is InChI=1S/C10H14O.C4H8O2/c1-7(2)9-5-4-8(3)6-10(9)11;1-2-3-4(5)6/h4-7,11H,1-3H3;2-3H2,1H3,(H,5,6). The first kappa shape index (κ1) is 15.5. The van der Waals surface area contributed by atoms with E-state index in [1.807, 2.05) is 26.0 Å². The predicted molar refractivity (Wildman–Crippen MR) is 69.5 cm³/mol. The Bertz CT molecular complexity index is 356. The molecule has 0 unspecified atom stereocenters. The van der Waals surface area contributed by atoms with Gasteiger partial charge in [-0.05, 0) is 36.5 Å². The van der Waals surface area contributed by atoms with Gasteiger partial charge < -0.3 is 10.2 Å². The van der Waals surface area contributed by atoms with Crippen LogP contribution in [-0.4, -0.2) is 16.2 Å². The van der Waals surface area contributed by atoms with Gasteiger partial charge >= 0.3 is 5.97 Å². The average Bonchev–Trinajstić information content (AvgIpc) is 2.17. The Morgan fingerprint density at radius 2 is 1.94 bits per heavy atom. The zero-order chi connectivity index (χ0) is 13.4. The van der Waals surface area contributed by atoms with Crippen LogP contribution in [0.3, 0.4) is 0 Å². The molecule has 0 atom stereocenters. The Morgan fingerprint density at radius 3 is 2.24 bits per heavy atom. The highest BCUT2D eigenvalue weighted by atomic mass is 16.4. The Morgan fingerprint density at radius 1 is 1.35 bits per heavy atom. The Balaban J connectivity index is 0.000000366. The maximum absolute atomic E-state index is 9.60. The van der Waals surface area contributed by atoms with Crippen molar-refractivity contribution in [1.82, 2.24) is 0 Å². The predicted octanol–water partition coefficient (Wildman–Crippen LogP) is 3.70. The van der Waals surface area contributed by atoms with Crippen molar-refractivity contribution in [2.75, 3.05) is 0 Å². The van der Waals surface area contributed by atoms with Gasteiger partial charge in [0.25, 0.3) is 0 Å². The summed E-state index contributed by atoms with van der Waals surface area (Å²) in [5, 5.41) is 17.4. The van der Waals surface area contributed by atoms with Crippen LogP contribution in [0.1, 0.15) is 50.7 Å². The smallest absolute Gasteiger partial charge is 0.303 e. The van der Waals surface area contributed by atoms with Gasteiger partial charge in [-0.15, -0.1) is 0 Å². The molecule has 0 saturated carbocycles. The second-order valence-corrected chi connectivity index (χ2v) is 4.36. The van der Waals surface area contributed by atoms with Crippen LogP contribution in [0.2, 0.25) is 0 Å². The minimum atomic E-state index is -0.711. The molecule has 0 spiro atoms. The van der Waals surface area contributed by atoms with Crippen LogP contribution in [-0.2, 0) is 4.79 Å². The largest absolute Gasteiger partial charge is 0.508 e. The van der Waals surface area contributed by atoms with Crippen LogP contribution < -0.4 is 0 Å². The van der Waals surface area contributed by atoms with E-state index < -0.39 is 5.97 Å². The topological polar surface area (TPSA) is 57.5 Å². The molecule has 0 heterocycles. The van der Waals surface area contributed by atoms with E-state index in [-0.39, 0.29) is 0 Å². The van der Waals surface area contributed by atoms with Gasteiger partial charge in [0.15, 0.2) is 0 Å². The molecule has 1 rings (SSSR count). The number of rotatable bonds is 3. The second-order valence-electron chi connectivity index (χ2n) is 4.36. The van der Waals surface area contributed by atoms with E-state index in [2.05, 4.69) is 13.8 Å². The van der Waals surface area contributed by atoms with Crippen molar-refractivity contribution in [2.24, 2.45) is 0 Å². The first-order chi connectivity index (χ1) is 7.88. The van der Waals surface area contributed by atoms with Crippen molar-refractivity contribution in [1.29, 1.82) is 0 Å². The summed E-state index contributed by atoms with van der Waals surface area (Å²) in [7, 11) is 0. The molecule has 0 saturated heterocycles. The van der Waals surface area contributed by atoms with Crippen LogP contribution in [0, 0.1) is 6.92 Å². The first-order valence-corrected chi connectivity index (χ1v) is 5.89. The fraction of sp³-hybridized carbons (Fsp3) is 0.500. The molecular formula is C14H22O3. The molecule has 96 valence electrons. The van der Waals surface area contributed by atoms with Gasteiger partial charge in [0.1, 0.15) is 5.75 Å². The highest BCUT2D eigenvalue weighted by Gasteiger charge is 2.03. The van der Waals surface area contributed by atoms with Crippen LogP contribution in [0.25, 0.3) is 0 Å².